The number of methoxy groups -OCH3 is 2. The second-order valence-electron chi connectivity index (χ2n) is 7.61. The molecule has 7 nitrogen and oxygen atoms in total. The van der Waals surface area contributed by atoms with E-state index in [1.54, 1.807) is 42.5 Å². The average Bonchev–Trinajstić information content (AvgIpc) is 2.87. The maximum atomic E-state index is 12.8. The molecule has 0 spiro atoms. The average molecular weight is 476 g/mol. The predicted octanol–water partition coefficient (Wildman–Crippen LogP) is 5.32. The van der Waals surface area contributed by atoms with Crippen LogP contribution in [0.4, 0.5) is 5.69 Å². The van der Waals surface area contributed by atoms with Gasteiger partial charge in [-0.2, -0.15) is 0 Å². The molecule has 0 fully saturated rings. The molecule has 3 rings (SSSR count). The number of nitrogens with one attached hydrogen (secondary N) is 1. The smallest absolute Gasteiger partial charge is 0.262 e. The first-order chi connectivity index (χ1) is 16.9. The molecule has 0 unspecified atom stereocenters. The Hall–Kier alpha value is -4.26. The van der Waals surface area contributed by atoms with E-state index < -0.39 is 0 Å². The van der Waals surface area contributed by atoms with Gasteiger partial charge in [0.1, 0.15) is 11.5 Å². The fourth-order valence-electron chi connectivity index (χ4n) is 3.26. The van der Waals surface area contributed by atoms with Crippen molar-refractivity contribution in [1.82, 2.24) is 0 Å². The molecule has 182 valence electrons. The molecule has 0 aromatic heterocycles. The van der Waals surface area contributed by atoms with Crippen molar-refractivity contribution in [1.29, 1.82) is 0 Å². The third-order valence-corrected chi connectivity index (χ3v) is 5.06. The van der Waals surface area contributed by atoms with Crippen molar-refractivity contribution in [3.8, 4) is 23.0 Å². The zero-order valence-corrected chi connectivity index (χ0v) is 20.3. The summed E-state index contributed by atoms with van der Waals surface area (Å²) in [5, 5.41) is 2.80. The molecule has 0 aliphatic rings. The van der Waals surface area contributed by atoms with Crippen LogP contribution in [0.3, 0.4) is 0 Å². The summed E-state index contributed by atoms with van der Waals surface area (Å²) in [4.78, 5) is 25.0. The highest BCUT2D eigenvalue weighted by molar-refractivity contribution is 6.09. The van der Waals surface area contributed by atoms with Crippen molar-refractivity contribution >= 4 is 23.5 Å². The van der Waals surface area contributed by atoms with Crippen molar-refractivity contribution in [2.45, 2.75) is 13.8 Å². The van der Waals surface area contributed by atoms with E-state index in [4.69, 9.17) is 18.9 Å². The summed E-state index contributed by atoms with van der Waals surface area (Å²) in [5.74, 6) is 1.43. The Morgan fingerprint density at radius 3 is 2.29 bits per heavy atom. The lowest BCUT2D eigenvalue weighted by Crippen LogP contribution is -2.20. The van der Waals surface area contributed by atoms with Gasteiger partial charge in [-0.1, -0.05) is 29.8 Å². The van der Waals surface area contributed by atoms with Gasteiger partial charge in [-0.3, -0.25) is 9.59 Å². The summed E-state index contributed by atoms with van der Waals surface area (Å²) in [6.07, 6.45) is 3.13. The fraction of sp³-hybridized carbons (Fsp3) is 0.214. The van der Waals surface area contributed by atoms with Gasteiger partial charge in [0.15, 0.2) is 23.9 Å². The number of ether oxygens (including phenoxy) is 4. The number of amides is 1. The van der Waals surface area contributed by atoms with E-state index in [-0.39, 0.29) is 18.3 Å². The molecule has 0 bridgehead atoms. The number of carbonyl (C=O) groups excluding carboxylic acids is 2. The third kappa shape index (κ3) is 7.11. The zero-order valence-electron chi connectivity index (χ0n) is 20.3. The summed E-state index contributed by atoms with van der Waals surface area (Å²) in [7, 11) is 3.05. The maximum absolute atomic E-state index is 12.8. The quantitative estimate of drug-likeness (QED) is 0.298. The summed E-state index contributed by atoms with van der Waals surface area (Å²) in [5.41, 5.74) is 2.94. The Labute approximate surface area is 205 Å². The number of anilines is 1. The maximum Gasteiger partial charge on any atom is 0.262 e. The van der Waals surface area contributed by atoms with Crippen molar-refractivity contribution in [3.05, 3.63) is 83.4 Å². The molecule has 0 heterocycles. The largest absolute Gasteiger partial charge is 0.497 e. The lowest BCUT2D eigenvalue weighted by Gasteiger charge is -2.13. The highest BCUT2D eigenvalue weighted by Crippen LogP contribution is 2.30. The van der Waals surface area contributed by atoms with Gasteiger partial charge in [0.25, 0.3) is 5.91 Å². The second kappa shape index (κ2) is 12.3. The topological polar surface area (TPSA) is 83.1 Å². The Balaban J connectivity index is 1.69. The molecule has 0 aliphatic heterocycles. The van der Waals surface area contributed by atoms with Crippen LogP contribution < -0.4 is 24.3 Å². The first kappa shape index (κ1) is 25.4. The van der Waals surface area contributed by atoms with Crippen LogP contribution in [-0.2, 0) is 4.79 Å². The van der Waals surface area contributed by atoms with Crippen molar-refractivity contribution < 1.29 is 28.5 Å². The first-order valence-corrected chi connectivity index (χ1v) is 11.1. The fourth-order valence-corrected chi connectivity index (χ4v) is 3.26. The SMILES string of the molecule is CCOc1cc(/C=C/C(=O)c2cc(OC)ccc2OC)ccc1OCC(=O)Nc1ccc(C)cc1. The van der Waals surface area contributed by atoms with Gasteiger partial charge >= 0.3 is 0 Å². The van der Waals surface area contributed by atoms with Gasteiger partial charge < -0.3 is 24.3 Å². The van der Waals surface area contributed by atoms with E-state index in [2.05, 4.69) is 5.32 Å². The highest BCUT2D eigenvalue weighted by atomic mass is 16.5. The summed E-state index contributed by atoms with van der Waals surface area (Å²) >= 11 is 0. The molecule has 1 amide bonds. The monoisotopic (exact) mass is 475 g/mol. The van der Waals surface area contributed by atoms with Crippen LogP contribution in [0, 0.1) is 6.92 Å². The first-order valence-electron chi connectivity index (χ1n) is 11.1. The van der Waals surface area contributed by atoms with Gasteiger partial charge in [0.2, 0.25) is 0 Å². The van der Waals surface area contributed by atoms with Crippen molar-refractivity contribution in [3.63, 3.8) is 0 Å². The van der Waals surface area contributed by atoms with Gasteiger partial charge in [-0.15, -0.1) is 0 Å². The molecule has 35 heavy (non-hydrogen) atoms. The minimum atomic E-state index is -0.280. The minimum Gasteiger partial charge on any atom is -0.497 e. The van der Waals surface area contributed by atoms with Gasteiger partial charge in [-0.25, -0.2) is 0 Å². The molecule has 0 saturated carbocycles. The van der Waals surface area contributed by atoms with E-state index >= 15 is 0 Å². The van der Waals surface area contributed by atoms with E-state index in [1.165, 1.54) is 20.3 Å². The van der Waals surface area contributed by atoms with Crippen LogP contribution in [0.15, 0.2) is 66.7 Å². The minimum absolute atomic E-state index is 0.169. The number of ketones is 1. The van der Waals surface area contributed by atoms with Crippen molar-refractivity contribution in [2.24, 2.45) is 0 Å². The molecular formula is C28H29NO6. The van der Waals surface area contributed by atoms with Crippen LogP contribution in [0.2, 0.25) is 0 Å². The Morgan fingerprint density at radius 1 is 0.857 bits per heavy atom. The molecule has 0 atom stereocenters. The number of allylic oxidation sites excluding steroid dienone is 1. The van der Waals surface area contributed by atoms with Crippen LogP contribution in [-0.4, -0.2) is 39.1 Å². The van der Waals surface area contributed by atoms with Crippen LogP contribution in [0.25, 0.3) is 6.08 Å². The van der Waals surface area contributed by atoms with E-state index in [0.29, 0.717) is 40.9 Å². The van der Waals surface area contributed by atoms with Crippen molar-refractivity contribution in [2.75, 3.05) is 32.8 Å². The van der Waals surface area contributed by atoms with Crippen LogP contribution in [0.1, 0.15) is 28.4 Å². The molecule has 0 saturated heterocycles. The van der Waals surface area contributed by atoms with Gasteiger partial charge in [0.05, 0.1) is 26.4 Å². The molecule has 1 N–H and O–H groups in total. The number of aryl methyl sites for hydroxylation is 1. The van der Waals surface area contributed by atoms with E-state index in [0.717, 1.165) is 11.1 Å². The summed E-state index contributed by atoms with van der Waals surface area (Å²) in [6, 6.07) is 17.8. The summed E-state index contributed by atoms with van der Waals surface area (Å²) < 4.78 is 21.9. The standard InChI is InChI=1S/C28H29NO6/c1-5-34-27-16-20(8-13-24(30)23-17-22(32-3)12-15-25(23)33-4)9-14-26(27)35-18-28(31)29-21-10-6-19(2)7-11-21/h6-17H,5,18H2,1-4H3,(H,29,31)/b13-8+. The van der Waals surface area contributed by atoms with Gasteiger partial charge in [0, 0.05) is 5.69 Å². The Morgan fingerprint density at radius 2 is 1.60 bits per heavy atom. The Kier molecular flexibility index (Phi) is 8.89. The third-order valence-electron chi connectivity index (χ3n) is 5.06. The zero-order chi connectivity index (χ0) is 25.2. The molecule has 3 aromatic carbocycles. The normalized spacial score (nSPS) is 10.6. The highest BCUT2D eigenvalue weighted by Gasteiger charge is 2.12. The number of rotatable bonds is 11. The lowest BCUT2D eigenvalue weighted by atomic mass is 10.1. The van der Waals surface area contributed by atoms with E-state index in [1.807, 2.05) is 38.1 Å². The predicted molar refractivity (Wildman–Crippen MR) is 136 cm³/mol. The molecule has 0 aliphatic carbocycles. The van der Waals surface area contributed by atoms with E-state index in [9.17, 15) is 9.59 Å². The molecular weight excluding hydrogens is 446 g/mol. The second-order valence-corrected chi connectivity index (χ2v) is 7.61. The number of hydrogen-bond acceptors (Lipinski definition) is 6. The molecule has 7 heteroatoms. The summed E-state index contributed by atoms with van der Waals surface area (Å²) in [6.45, 7) is 4.08. The number of carbonyl (C=O) groups is 2. The van der Waals surface area contributed by atoms with Gasteiger partial charge in [-0.05, 0) is 68.0 Å². The van der Waals surface area contributed by atoms with Crippen LogP contribution in [0.5, 0.6) is 23.0 Å². The molecule has 0 radical (unpaired) electrons. The Bertz CT molecular complexity index is 1200. The number of benzene rings is 3. The lowest BCUT2D eigenvalue weighted by molar-refractivity contribution is -0.118. The molecule has 3 aromatic rings. The van der Waals surface area contributed by atoms with Crippen LogP contribution >= 0.6 is 0 Å². The number of hydrogen-bond donors (Lipinski definition) is 1.